The second kappa shape index (κ2) is 6.41. The first-order valence-electron chi connectivity index (χ1n) is 6.44. The first-order valence-corrected chi connectivity index (χ1v) is 6.44. The minimum atomic E-state index is -0.269. The van der Waals surface area contributed by atoms with Crippen molar-refractivity contribution in [3.63, 3.8) is 0 Å². The van der Waals surface area contributed by atoms with Gasteiger partial charge in [-0.25, -0.2) is 0 Å². The van der Waals surface area contributed by atoms with Crippen LogP contribution in [0.4, 0.5) is 0 Å². The average molecular weight is 272 g/mol. The zero-order valence-electron chi connectivity index (χ0n) is 11.7. The molecule has 4 heteroatoms. The average Bonchev–Trinajstić information content (AvgIpc) is 2.53. The molecule has 0 aliphatic carbocycles. The van der Waals surface area contributed by atoms with Gasteiger partial charge in [-0.05, 0) is 35.4 Å². The third-order valence-corrected chi connectivity index (χ3v) is 3.39. The molecule has 0 fully saturated rings. The molecular weight excluding hydrogens is 252 g/mol. The van der Waals surface area contributed by atoms with Crippen molar-refractivity contribution < 1.29 is 9.47 Å². The molecule has 0 heterocycles. The molecule has 0 saturated heterocycles. The zero-order chi connectivity index (χ0) is 14.5. The maximum atomic E-state index is 6.24. The van der Waals surface area contributed by atoms with E-state index in [1.807, 2.05) is 48.5 Å². The summed E-state index contributed by atoms with van der Waals surface area (Å²) < 4.78 is 10.3. The molecule has 106 valence electrons. The van der Waals surface area contributed by atoms with Crippen LogP contribution < -0.4 is 20.9 Å². The van der Waals surface area contributed by atoms with E-state index in [1.165, 1.54) is 0 Å². The molecule has 0 spiro atoms. The molecule has 0 amide bonds. The van der Waals surface area contributed by atoms with E-state index in [2.05, 4.69) is 0 Å². The van der Waals surface area contributed by atoms with Crippen molar-refractivity contribution in [3.05, 3.63) is 59.7 Å². The van der Waals surface area contributed by atoms with Crippen LogP contribution in [0.25, 0.3) is 0 Å². The molecule has 0 bridgehead atoms. The fraction of sp³-hybridized carbons (Fsp3) is 0.250. The normalized spacial score (nSPS) is 13.6. The van der Waals surface area contributed by atoms with Gasteiger partial charge in [-0.1, -0.05) is 24.3 Å². The standard InChI is InChI=1S/C16H20N2O2/c1-19-13-7-3-11(4-8-13)15(17)16(18)12-5-9-14(20-2)10-6-12/h3-10,15-16H,17-18H2,1-2H3/t15-,16-/m0/s1. The van der Waals surface area contributed by atoms with Gasteiger partial charge in [0, 0.05) is 12.1 Å². The van der Waals surface area contributed by atoms with E-state index < -0.39 is 0 Å². The maximum Gasteiger partial charge on any atom is 0.118 e. The van der Waals surface area contributed by atoms with Crippen molar-refractivity contribution in [2.24, 2.45) is 11.5 Å². The topological polar surface area (TPSA) is 70.5 Å². The lowest BCUT2D eigenvalue weighted by Crippen LogP contribution is -2.26. The van der Waals surface area contributed by atoms with Crippen LogP contribution in [0, 0.1) is 0 Å². The number of methoxy groups -OCH3 is 2. The lowest BCUT2D eigenvalue weighted by Gasteiger charge is -2.21. The van der Waals surface area contributed by atoms with Gasteiger partial charge in [-0.2, -0.15) is 0 Å². The molecular formula is C16H20N2O2. The van der Waals surface area contributed by atoms with E-state index in [-0.39, 0.29) is 12.1 Å². The van der Waals surface area contributed by atoms with Gasteiger partial charge in [0.25, 0.3) is 0 Å². The molecule has 2 atom stereocenters. The Bertz CT molecular complexity index is 486. The van der Waals surface area contributed by atoms with E-state index in [9.17, 15) is 0 Å². The lowest BCUT2D eigenvalue weighted by atomic mass is 9.95. The number of ether oxygens (including phenoxy) is 2. The lowest BCUT2D eigenvalue weighted by molar-refractivity contribution is 0.414. The third-order valence-electron chi connectivity index (χ3n) is 3.39. The highest BCUT2D eigenvalue weighted by atomic mass is 16.5. The van der Waals surface area contributed by atoms with Gasteiger partial charge in [0.2, 0.25) is 0 Å². The van der Waals surface area contributed by atoms with Gasteiger partial charge >= 0.3 is 0 Å². The molecule has 0 saturated carbocycles. The van der Waals surface area contributed by atoms with Gasteiger partial charge in [0.15, 0.2) is 0 Å². The number of rotatable bonds is 5. The number of nitrogens with two attached hydrogens (primary N) is 2. The van der Waals surface area contributed by atoms with Gasteiger partial charge < -0.3 is 20.9 Å². The smallest absolute Gasteiger partial charge is 0.118 e. The first-order chi connectivity index (χ1) is 9.65. The Morgan fingerprint density at radius 1 is 0.650 bits per heavy atom. The van der Waals surface area contributed by atoms with Crippen LogP contribution in [-0.2, 0) is 0 Å². The Morgan fingerprint density at radius 2 is 0.950 bits per heavy atom. The molecule has 2 aromatic carbocycles. The summed E-state index contributed by atoms with van der Waals surface area (Å²) >= 11 is 0. The molecule has 0 unspecified atom stereocenters. The second-order valence-corrected chi connectivity index (χ2v) is 4.60. The van der Waals surface area contributed by atoms with Crippen LogP contribution in [0.1, 0.15) is 23.2 Å². The minimum absolute atomic E-state index is 0.269. The van der Waals surface area contributed by atoms with Crippen LogP contribution in [0.15, 0.2) is 48.5 Å². The predicted octanol–water partition coefficient (Wildman–Crippen LogP) is 2.40. The molecule has 20 heavy (non-hydrogen) atoms. The Labute approximate surface area is 119 Å². The summed E-state index contributed by atoms with van der Waals surface area (Å²) in [6.07, 6.45) is 0. The molecule has 4 N–H and O–H groups in total. The van der Waals surface area contributed by atoms with Crippen LogP contribution in [-0.4, -0.2) is 14.2 Å². The summed E-state index contributed by atoms with van der Waals surface area (Å²) in [4.78, 5) is 0. The highest BCUT2D eigenvalue weighted by molar-refractivity contribution is 5.34. The minimum Gasteiger partial charge on any atom is -0.497 e. The van der Waals surface area contributed by atoms with Crippen molar-refractivity contribution in [3.8, 4) is 11.5 Å². The fourth-order valence-corrected chi connectivity index (χ4v) is 2.07. The maximum absolute atomic E-state index is 6.24. The van der Waals surface area contributed by atoms with Gasteiger partial charge in [-0.15, -0.1) is 0 Å². The van der Waals surface area contributed by atoms with Crippen LogP contribution in [0.3, 0.4) is 0 Å². The quantitative estimate of drug-likeness (QED) is 0.877. The number of hydrogen-bond donors (Lipinski definition) is 2. The molecule has 0 aliphatic rings. The Morgan fingerprint density at radius 3 is 1.20 bits per heavy atom. The molecule has 2 rings (SSSR count). The SMILES string of the molecule is COc1ccc([C@H](N)[C@@H](N)c2ccc(OC)cc2)cc1. The van der Waals surface area contributed by atoms with E-state index in [1.54, 1.807) is 14.2 Å². The predicted molar refractivity (Wildman–Crippen MR) is 79.8 cm³/mol. The fourth-order valence-electron chi connectivity index (χ4n) is 2.07. The van der Waals surface area contributed by atoms with Crippen molar-refractivity contribution in [1.82, 2.24) is 0 Å². The molecule has 2 aromatic rings. The highest BCUT2D eigenvalue weighted by Gasteiger charge is 2.17. The van der Waals surface area contributed by atoms with E-state index in [0.717, 1.165) is 22.6 Å². The Kier molecular flexibility index (Phi) is 4.61. The van der Waals surface area contributed by atoms with Crippen LogP contribution in [0.5, 0.6) is 11.5 Å². The first kappa shape index (κ1) is 14.4. The Hall–Kier alpha value is -2.04. The van der Waals surface area contributed by atoms with Crippen molar-refractivity contribution >= 4 is 0 Å². The largest absolute Gasteiger partial charge is 0.497 e. The van der Waals surface area contributed by atoms with E-state index >= 15 is 0 Å². The summed E-state index contributed by atoms with van der Waals surface area (Å²) in [6, 6.07) is 14.8. The van der Waals surface area contributed by atoms with E-state index in [4.69, 9.17) is 20.9 Å². The molecule has 0 aromatic heterocycles. The summed E-state index contributed by atoms with van der Waals surface area (Å²) in [5.74, 6) is 1.61. The summed E-state index contributed by atoms with van der Waals surface area (Å²) in [7, 11) is 3.27. The van der Waals surface area contributed by atoms with Crippen LogP contribution in [0.2, 0.25) is 0 Å². The summed E-state index contributed by atoms with van der Waals surface area (Å²) in [5, 5.41) is 0. The number of benzene rings is 2. The molecule has 0 radical (unpaired) electrons. The van der Waals surface area contributed by atoms with Crippen molar-refractivity contribution in [1.29, 1.82) is 0 Å². The third kappa shape index (κ3) is 3.10. The second-order valence-electron chi connectivity index (χ2n) is 4.60. The number of hydrogen-bond acceptors (Lipinski definition) is 4. The Balaban J connectivity index is 2.15. The molecule has 4 nitrogen and oxygen atoms in total. The van der Waals surface area contributed by atoms with Crippen molar-refractivity contribution in [2.75, 3.05) is 14.2 Å². The highest BCUT2D eigenvalue weighted by Crippen LogP contribution is 2.27. The van der Waals surface area contributed by atoms with Gasteiger partial charge in [0.1, 0.15) is 11.5 Å². The van der Waals surface area contributed by atoms with Gasteiger partial charge in [0.05, 0.1) is 14.2 Å². The van der Waals surface area contributed by atoms with Crippen molar-refractivity contribution in [2.45, 2.75) is 12.1 Å². The summed E-state index contributed by atoms with van der Waals surface area (Å²) in [6.45, 7) is 0. The monoisotopic (exact) mass is 272 g/mol. The van der Waals surface area contributed by atoms with E-state index in [0.29, 0.717) is 0 Å². The zero-order valence-corrected chi connectivity index (χ0v) is 11.7. The molecule has 0 aliphatic heterocycles. The summed E-state index contributed by atoms with van der Waals surface area (Å²) in [5.41, 5.74) is 14.4. The van der Waals surface area contributed by atoms with Crippen LogP contribution >= 0.6 is 0 Å². The van der Waals surface area contributed by atoms with Gasteiger partial charge in [-0.3, -0.25) is 0 Å².